The van der Waals surface area contributed by atoms with Gasteiger partial charge in [0.2, 0.25) is 0 Å². The van der Waals surface area contributed by atoms with Crippen molar-refractivity contribution in [1.82, 2.24) is 0 Å². The third-order valence-electron chi connectivity index (χ3n) is 2.02. The zero-order valence-corrected chi connectivity index (χ0v) is 8.46. The number of halogens is 1. The number of nitrogens with zero attached hydrogens (tertiary/aromatic N) is 1. The van der Waals surface area contributed by atoms with Gasteiger partial charge in [0.25, 0.3) is 10.9 Å². The van der Waals surface area contributed by atoms with E-state index in [1.54, 1.807) is 13.8 Å². The smallest absolute Gasteiger partial charge is 0.275 e. The van der Waals surface area contributed by atoms with Crippen LogP contribution in [0.1, 0.15) is 21.5 Å². The van der Waals surface area contributed by atoms with Crippen LogP contribution in [-0.4, -0.2) is 10.2 Å². The van der Waals surface area contributed by atoms with Crippen LogP contribution in [0.25, 0.3) is 0 Å². The first-order valence-electron chi connectivity index (χ1n) is 3.89. The van der Waals surface area contributed by atoms with Crippen molar-refractivity contribution < 1.29 is 9.72 Å². The summed E-state index contributed by atoms with van der Waals surface area (Å²) < 4.78 is 0. The average molecular weight is 214 g/mol. The number of nitro groups is 1. The van der Waals surface area contributed by atoms with E-state index < -0.39 is 10.2 Å². The van der Waals surface area contributed by atoms with Crippen molar-refractivity contribution in [3.05, 3.63) is 38.9 Å². The highest BCUT2D eigenvalue weighted by Crippen LogP contribution is 2.24. The first kappa shape index (κ1) is 10.7. The van der Waals surface area contributed by atoms with E-state index in [4.69, 9.17) is 11.6 Å². The molecule has 74 valence electrons. The van der Waals surface area contributed by atoms with Gasteiger partial charge < -0.3 is 0 Å². The topological polar surface area (TPSA) is 60.2 Å². The van der Waals surface area contributed by atoms with Crippen LogP contribution in [0.4, 0.5) is 5.69 Å². The number of rotatable bonds is 2. The maximum Gasteiger partial charge on any atom is 0.281 e. The van der Waals surface area contributed by atoms with E-state index in [0.29, 0.717) is 0 Å². The second-order valence-electron chi connectivity index (χ2n) is 2.98. The monoisotopic (exact) mass is 213 g/mol. The Balaban J connectivity index is 3.46. The number of carbonyl (C=O) groups excluding carboxylic acids is 1. The summed E-state index contributed by atoms with van der Waals surface area (Å²) in [5.74, 6) is 0. The van der Waals surface area contributed by atoms with Gasteiger partial charge in [0.05, 0.1) is 4.92 Å². The molecule has 0 heterocycles. The van der Waals surface area contributed by atoms with E-state index >= 15 is 0 Å². The molecule has 0 atom stereocenters. The first-order chi connectivity index (χ1) is 6.43. The highest BCUT2D eigenvalue weighted by molar-refractivity contribution is 6.68. The van der Waals surface area contributed by atoms with Crippen LogP contribution in [0.3, 0.4) is 0 Å². The van der Waals surface area contributed by atoms with Gasteiger partial charge in [-0.25, -0.2) is 0 Å². The Morgan fingerprint density at radius 3 is 2.29 bits per heavy atom. The third-order valence-corrected chi connectivity index (χ3v) is 2.22. The number of nitro benzene ring substituents is 1. The molecule has 14 heavy (non-hydrogen) atoms. The minimum atomic E-state index is -0.806. The van der Waals surface area contributed by atoms with Crippen LogP contribution in [-0.2, 0) is 0 Å². The van der Waals surface area contributed by atoms with Gasteiger partial charge in [-0.3, -0.25) is 14.9 Å². The van der Waals surface area contributed by atoms with Gasteiger partial charge in [-0.1, -0.05) is 0 Å². The molecule has 0 aromatic heterocycles. The molecular formula is C9H8ClNO3. The highest BCUT2D eigenvalue weighted by atomic mass is 35.5. The molecule has 0 amide bonds. The van der Waals surface area contributed by atoms with Crippen molar-refractivity contribution in [1.29, 1.82) is 0 Å². The Labute approximate surface area is 85.6 Å². The van der Waals surface area contributed by atoms with E-state index in [1.165, 1.54) is 12.1 Å². The predicted octanol–water partition coefficient (Wildman–Crippen LogP) is 2.59. The minimum Gasteiger partial charge on any atom is -0.275 e. The Hall–Kier alpha value is -1.42. The van der Waals surface area contributed by atoms with Gasteiger partial charge in [-0.15, -0.1) is 0 Å². The maximum absolute atomic E-state index is 10.9. The molecule has 1 aromatic rings. The van der Waals surface area contributed by atoms with Gasteiger partial charge in [-0.2, -0.15) is 0 Å². The molecule has 1 rings (SSSR count). The van der Waals surface area contributed by atoms with Crippen molar-refractivity contribution in [2.24, 2.45) is 0 Å². The molecule has 0 unspecified atom stereocenters. The summed E-state index contributed by atoms with van der Waals surface area (Å²) in [6.45, 7) is 3.51. The van der Waals surface area contributed by atoms with E-state index in [9.17, 15) is 14.9 Å². The van der Waals surface area contributed by atoms with Gasteiger partial charge in [0, 0.05) is 6.07 Å². The number of carbonyl (C=O) groups is 1. The van der Waals surface area contributed by atoms with Gasteiger partial charge >= 0.3 is 0 Å². The summed E-state index contributed by atoms with van der Waals surface area (Å²) in [7, 11) is 0. The normalized spacial score (nSPS) is 9.93. The van der Waals surface area contributed by atoms with E-state index in [-0.39, 0.29) is 11.3 Å². The van der Waals surface area contributed by atoms with E-state index in [1.807, 2.05) is 0 Å². The Bertz CT molecular complexity index is 376. The summed E-state index contributed by atoms with van der Waals surface area (Å²) in [5.41, 5.74) is 1.27. The summed E-state index contributed by atoms with van der Waals surface area (Å²) >= 11 is 5.23. The molecular weight excluding hydrogens is 206 g/mol. The number of hydrogen-bond donors (Lipinski definition) is 0. The largest absolute Gasteiger partial charge is 0.281 e. The summed E-state index contributed by atoms with van der Waals surface area (Å²) in [5, 5.41) is 9.78. The molecule has 0 bridgehead atoms. The maximum atomic E-state index is 10.9. The van der Waals surface area contributed by atoms with Gasteiger partial charge in [-0.05, 0) is 42.6 Å². The number of hydrogen-bond acceptors (Lipinski definition) is 3. The zero-order chi connectivity index (χ0) is 10.9. The van der Waals surface area contributed by atoms with E-state index in [2.05, 4.69) is 0 Å². The van der Waals surface area contributed by atoms with Crippen LogP contribution in [0.15, 0.2) is 12.1 Å². The van der Waals surface area contributed by atoms with Crippen LogP contribution < -0.4 is 0 Å². The summed E-state index contributed by atoms with van der Waals surface area (Å²) in [4.78, 5) is 20.9. The molecule has 0 aliphatic rings. The molecule has 0 saturated carbocycles. The van der Waals surface area contributed by atoms with Gasteiger partial charge in [0.1, 0.15) is 5.56 Å². The fraction of sp³-hybridized carbons (Fsp3) is 0.222. The fourth-order valence-electron chi connectivity index (χ4n) is 1.11. The summed E-state index contributed by atoms with van der Waals surface area (Å²) in [6.07, 6.45) is 0. The van der Waals surface area contributed by atoms with Crippen LogP contribution in [0.2, 0.25) is 0 Å². The molecule has 0 saturated heterocycles. The molecule has 5 heteroatoms. The van der Waals surface area contributed by atoms with Crippen LogP contribution in [0, 0.1) is 24.0 Å². The van der Waals surface area contributed by atoms with Crippen molar-refractivity contribution in [3.8, 4) is 0 Å². The van der Waals surface area contributed by atoms with Crippen LogP contribution >= 0.6 is 11.6 Å². The number of aryl methyl sites for hydroxylation is 2. The Kier molecular flexibility index (Phi) is 2.86. The lowest BCUT2D eigenvalue weighted by molar-refractivity contribution is -0.385. The Morgan fingerprint density at radius 1 is 1.36 bits per heavy atom. The lowest BCUT2D eigenvalue weighted by Gasteiger charge is -2.02. The lowest BCUT2D eigenvalue weighted by Crippen LogP contribution is -2.00. The first-order valence-corrected chi connectivity index (χ1v) is 4.26. The molecule has 0 spiro atoms. The van der Waals surface area contributed by atoms with E-state index in [0.717, 1.165) is 11.1 Å². The molecule has 0 aliphatic heterocycles. The molecule has 0 fully saturated rings. The van der Waals surface area contributed by atoms with Crippen molar-refractivity contribution in [2.45, 2.75) is 13.8 Å². The number of benzene rings is 1. The second kappa shape index (κ2) is 3.75. The van der Waals surface area contributed by atoms with Crippen molar-refractivity contribution in [3.63, 3.8) is 0 Å². The highest BCUT2D eigenvalue weighted by Gasteiger charge is 2.19. The summed E-state index contributed by atoms with van der Waals surface area (Å²) in [6, 6.07) is 2.79. The third kappa shape index (κ3) is 1.90. The SMILES string of the molecule is Cc1cc(C(=O)Cl)c([N+](=O)[O-])cc1C. The molecule has 0 aliphatic carbocycles. The van der Waals surface area contributed by atoms with Crippen molar-refractivity contribution >= 4 is 22.5 Å². The molecule has 0 radical (unpaired) electrons. The molecule has 1 aromatic carbocycles. The minimum absolute atomic E-state index is 0.0558. The van der Waals surface area contributed by atoms with Crippen LogP contribution in [0.5, 0.6) is 0 Å². The molecule has 4 nitrogen and oxygen atoms in total. The van der Waals surface area contributed by atoms with Gasteiger partial charge in [0.15, 0.2) is 0 Å². The van der Waals surface area contributed by atoms with Crippen molar-refractivity contribution in [2.75, 3.05) is 0 Å². The average Bonchev–Trinajstić information content (AvgIpc) is 2.08. The quantitative estimate of drug-likeness (QED) is 0.431. The standard InChI is InChI=1S/C9H8ClNO3/c1-5-3-7(9(10)12)8(11(13)14)4-6(5)2/h3-4H,1-2H3. The molecule has 0 N–H and O–H groups in total. The Morgan fingerprint density at radius 2 is 1.86 bits per heavy atom. The second-order valence-corrected chi connectivity index (χ2v) is 3.33. The predicted molar refractivity (Wildman–Crippen MR) is 52.8 cm³/mol. The fourth-order valence-corrected chi connectivity index (χ4v) is 1.26. The zero-order valence-electron chi connectivity index (χ0n) is 7.70. The lowest BCUT2D eigenvalue weighted by atomic mass is 10.1.